The van der Waals surface area contributed by atoms with E-state index in [4.69, 9.17) is 4.74 Å². The average molecular weight is 450 g/mol. The van der Waals surface area contributed by atoms with E-state index >= 15 is 0 Å². The summed E-state index contributed by atoms with van der Waals surface area (Å²) in [5.41, 5.74) is 1.55. The van der Waals surface area contributed by atoms with Crippen LogP contribution < -0.4 is 16.0 Å². The van der Waals surface area contributed by atoms with Crippen LogP contribution in [0, 0.1) is 11.3 Å². The van der Waals surface area contributed by atoms with E-state index in [0.29, 0.717) is 19.3 Å². The summed E-state index contributed by atoms with van der Waals surface area (Å²) in [6.45, 7) is 9.80. The molecule has 0 aliphatic carbocycles. The van der Waals surface area contributed by atoms with Crippen LogP contribution >= 0.6 is 0 Å². The number of nitrogens with one attached hydrogen (secondary N) is 4. The molecule has 2 rings (SSSR count). The van der Waals surface area contributed by atoms with Gasteiger partial charge in [-0.05, 0) is 36.7 Å². The van der Waals surface area contributed by atoms with Gasteiger partial charge in [-0.2, -0.15) is 5.10 Å². The van der Waals surface area contributed by atoms with Crippen molar-refractivity contribution in [2.75, 3.05) is 13.2 Å². The van der Waals surface area contributed by atoms with Gasteiger partial charge in [0.1, 0.15) is 6.04 Å². The fourth-order valence-corrected chi connectivity index (χ4v) is 3.23. The lowest BCUT2D eigenvalue weighted by atomic mass is 9.99. The molecule has 0 spiro atoms. The molecule has 2 unspecified atom stereocenters. The Morgan fingerprint density at radius 1 is 1.25 bits per heavy atom. The predicted octanol–water partition coefficient (Wildman–Crippen LogP) is 1.26. The number of aryl methyl sites for hydroxylation is 1. The van der Waals surface area contributed by atoms with E-state index < -0.39 is 35.8 Å². The Labute approximate surface area is 188 Å². The molecule has 1 aromatic heterocycles. The smallest absolute Gasteiger partial charge is 0.407 e. The number of hydrogen-bond acceptors (Lipinski definition) is 6. The van der Waals surface area contributed by atoms with Crippen molar-refractivity contribution in [1.82, 2.24) is 26.1 Å². The highest BCUT2D eigenvalue weighted by atomic mass is 16.5. The van der Waals surface area contributed by atoms with Gasteiger partial charge in [0.25, 0.3) is 5.91 Å². The van der Waals surface area contributed by atoms with Crippen LogP contribution in [0.2, 0.25) is 0 Å². The third-order valence-electron chi connectivity index (χ3n) is 5.01. The van der Waals surface area contributed by atoms with Gasteiger partial charge < -0.3 is 20.7 Å². The zero-order valence-electron chi connectivity index (χ0n) is 19.5. The Kier molecular flexibility index (Phi) is 8.80. The molecule has 0 saturated heterocycles. The molecule has 178 valence electrons. The number of nitrogens with zero attached hydrogens (tertiary/aromatic N) is 1. The maximum atomic E-state index is 12.9. The summed E-state index contributed by atoms with van der Waals surface area (Å²) in [6, 6.07) is 0.0401. The maximum absolute atomic E-state index is 12.9. The highest BCUT2D eigenvalue weighted by Crippen LogP contribution is 2.14. The summed E-state index contributed by atoms with van der Waals surface area (Å²) in [5, 5.41) is 15.0. The molecule has 2 bridgehead atoms. The number of aromatic amines is 1. The second kappa shape index (κ2) is 11.1. The number of aromatic nitrogens is 2. The number of hydrogen-bond donors (Lipinski definition) is 4. The van der Waals surface area contributed by atoms with Crippen molar-refractivity contribution in [3.63, 3.8) is 0 Å². The quantitative estimate of drug-likeness (QED) is 0.499. The topological polar surface area (TPSA) is 142 Å². The lowest BCUT2D eigenvalue weighted by molar-refractivity contribution is -0.140. The summed E-state index contributed by atoms with van der Waals surface area (Å²) in [5.74, 6) is -2.23. The lowest BCUT2D eigenvalue weighted by Crippen LogP contribution is -2.55. The minimum Gasteiger partial charge on any atom is -0.449 e. The standard InChI is InChI=1S/C22H35N5O5/c1-13(2)17(25-21(31)32-12-22(3,4)5)19(29)24-16-8-6-7-14-11-15(27-26-14)9-10-23-20(30)18(16)28/h11,13,16-17H,6-10,12H2,1-5H3,(H,23,30)(H,24,29)(H,25,31)(H,26,27). The third kappa shape index (κ3) is 7.97. The van der Waals surface area contributed by atoms with E-state index in [1.54, 1.807) is 13.8 Å². The van der Waals surface area contributed by atoms with Crippen LogP contribution in [0.5, 0.6) is 0 Å². The van der Waals surface area contributed by atoms with Gasteiger partial charge in [0.15, 0.2) is 0 Å². The van der Waals surface area contributed by atoms with Crippen LogP contribution in [0.25, 0.3) is 0 Å². The first-order valence-electron chi connectivity index (χ1n) is 11.0. The number of Topliss-reactive ketones (excluding diaryl/α,β-unsaturated/α-hetero) is 1. The van der Waals surface area contributed by atoms with Crippen molar-refractivity contribution in [2.24, 2.45) is 11.3 Å². The molecule has 4 N–H and O–H groups in total. The van der Waals surface area contributed by atoms with Crippen LogP contribution in [0.3, 0.4) is 0 Å². The third-order valence-corrected chi connectivity index (χ3v) is 5.01. The molecule has 0 radical (unpaired) electrons. The zero-order valence-corrected chi connectivity index (χ0v) is 19.5. The first-order chi connectivity index (χ1) is 15.0. The molecular weight excluding hydrogens is 414 g/mol. The molecule has 1 aromatic rings. The maximum Gasteiger partial charge on any atom is 0.407 e. The van der Waals surface area contributed by atoms with Gasteiger partial charge >= 0.3 is 6.09 Å². The minimum atomic E-state index is -0.988. The van der Waals surface area contributed by atoms with Crippen molar-refractivity contribution in [2.45, 2.75) is 72.4 Å². The molecule has 1 aliphatic heterocycles. The number of carbonyl (C=O) groups is 4. The molecule has 2 atom stereocenters. The lowest BCUT2D eigenvalue weighted by Gasteiger charge is -2.25. The van der Waals surface area contributed by atoms with Gasteiger partial charge in [0, 0.05) is 18.7 Å². The zero-order chi connectivity index (χ0) is 23.9. The van der Waals surface area contributed by atoms with Crippen LogP contribution in [0.4, 0.5) is 4.79 Å². The first kappa shape index (κ1) is 25.4. The number of alkyl carbamates (subject to hydrolysis) is 1. The number of carbonyl (C=O) groups excluding carboxylic acids is 4. The second-order valence-electron chi connectivity index (χ2n) is 9.71. The Hall–Kier alpha value is -2.91. The largest absolute Gasteiger partial charge is 0.449 e. The fourth-order valence-electron chi connectivity index (χ4n) is 3.23. The Morgan fingerprint density at radius 2 is 1.97 bits per heavy atom. The number of rotatable bonds is 5. The monoisotopic (exact) mass is 449 g/mol. The summed E-state index contributed by atoms with van der Waals surface area (Å²) in [6.07, 6.45) is 1.29. The number of H-pyrrole nitrogens is 1. The van der Waals surface area contributed by atoms with Crippen LogP contribution in [-0.4, -0.2) is 59.1 Å². The molecule has 32 heavy (non-hydrogen) atoms. The average Bonchev–Trinajstić information content (AvgIpc) is 3.15. The highest BCUT2D eigenvalue weighted by Gasteiger charge is 2.32. The number of amides is 3. The van der Waals surface area contributed by atoms with Crippen LogP contribution in [-0.2, 0) is 32.0 Å². The van der Waals surface area contributed by atoms with Crippen LogP contribution in [0.15, 0.2) is 6.07 Å². The van der Waals surface area contributed by atoms with E-state index in [9.17, 15) is 19.2 Å². The van der Waals surface area contributed by atoms with Gasteiger partial charge in [-0.15, -0.1) is 0 Å². The Balaban J connectivity index is 2.05. The Bertz CT molecular complexity index is 827. The molecule has 0 saturated carbocycles. The second-order valence-corrected chi connectivity index (χ2v) is 9.71. The van der Waals surface area contributed by atoms with Crippen molar-refractivity contribution >= 4 is 23.7 Å². The minimum absolute atomic E-state index is 0.196. The molecule has 0 fully saturated rings. The van der Waals surface area contributed by atoms with Crippen molar-refractivity contribution in [1.29, 1.82) is 0 Å². The molecule has 2 heterocycles. The van der Waals surface area contributed by atoms with Gasteiger partial charge in [-0.1, -0.05) is 34.6 Å². The summed E-state index contributed by atoms with van der Waals surface area (Å²) in [4.78, 5) is 50.1. The number of ether oxygens (including phenoxy) is 1. The molecule has 0 aromatic carbocycles. The van der Waals surface area contributed by atoms with Gasteiger partial charge in [-0.25, -0.2) is 4.79 Å². The van der Waals surface area contributed by atoms with Crippen LogP contribution in [0.1, 0.15) is 58.8 Å². The van der Waals surface area contributed by atoms with Crippen molar-refractivity contribution in [3.8, 4) is 0 Å². The SMILES string of the molecule is CC(C)C(NC(=O)OCC(C)(C)C)C(=O)NC1CCCc2cc(n[nH]2)CCNC(=O)C1=O. The number of fused-ring (bicyclic) bond motifs is 2. The van der Waals surface area contributed by atoms with E-state index in [2.05, 4.69) is 26.1 Å². The van der Waals surface area contributed by atoms with Gasteiger partial charge in [0.2, 0.25) is 11.7 Å². The molecule has 1 aliphatic rings. The summed E-state index contributed by atoms with van der Waals surface area (Å²) < 4.78 is 5.20. The molecule has 3 amide bonds. The van der Waals surface area contributed by atoms with E-state index in [0.717, 1.165) is 11.4 Å². The predicted molar refractivity (Wildman–Crippen MR) is 118 cm³/mol. The normalized spacial score (nSPS) is 18.8. The molecular formula is C22H35N5O5. The van der Waals surface area contributed by atoms with Crippen molar-refractivity contribution < 1.29 is 23.9 Å². The van der Waals surface area contributed by atoms with Gasteiger partial charge in [0.05, 0.1) is 18.3 Å². The van der Waals surface area contributed by atoms with E-state index in [-0.39, 0.29) is 30.9 Å². The molecule has 10 nitrogen and oxygen atoms in total. The van der Waals surface area contributed by atoms with Gasteiger partial charge in [-0.3, -0.25) is 19.5 Å². The van der Waals surface area contributed by atoms with E-state index in [1.807, 2.05) is 26.8 Å². The molecule has 10 heteroatoms. The first-order valence-corrected chi connectivity index (χ1v) is 11.0. The van der Waals surface area contributed by atoms with Crippen molar-refractivity contribution in [3.05, 3.63) is 17.5 Å². The van der Waals surface area contributed by atoms with E-state index in [1.165, 1.54) is 0 Å². The summed E-state index contributed by atoms with van der Waals surface area (Å²) in [7, 11) is 0. The Morgan fingerprint density at radius 3 is 2.62 bits per heavy atom. The fraction of sp³-hybridized carbons (Fsp3) is 0.682. The highest BCUT2D eigenvalue weighted by molar-refractivity contribution is 6.38. The summed E-state index contributed by atoms with van der Waals surface area (Å²) >= 11 is 0. The number of ketones is 1.